The highest BCUT2D eigenvalue weighted by atomic mass is 79.9. The van der Waals surface area contributed by atoms with Gasteiger partial charge in [0.1, 0.15) is 0 Å². The van der Waals surface area contributed by atoms with Gasteiger partial charge in [-0.25, -0.2) is 4.79 Å². The Labute approximate surface area is 127 Å². The summed E-state index contributed by atoms with van der Waals surface area (Å²) >= 11 is 6.73. The number of guanidine groups is 1. The molecule has 8 heteroatoms. The first kappa shape index (κ1) is 15.3. The summed E-state index contributed by atoms with van der Waals surface area (Å²) in [6.45, 7) is 1.57. The van der Waals surface area contributed by atoms with Crippen LogP contribution in [0.4, 0.5) is 10.5 Å². The molecule has 18 heavy (non-hydrogen) atoms. The normalized spacial score (nSPS) is 13.1. The van der Waals surface area contributed by atoms with E-state index in [4.69, 9.17) is 0 Å². The van der Waals surface area contributed by atoms with Crippen molar-refractivity contribution in [3.05, 3.63) is 27.1 Å². The zero-order valence-electron chi connectivity index (χ0n) is 9.17. The fourth-order valence-electron chi connectivity index (χ4n) is 1.36. The number of aliphatic imine (C=N–C) groups is 1. The summed E-state index contributed by atoms with van der Waals surface area (Å²) in [5, 5.41) is 8.62. The van der Waals surface area contributed by atoms with Gasteiger partial charge < -0.3 is 16.0 Å². The quantitative estimate of drug-likeness (QED) is 0.682. The molecule has 1 fully saturated rings. The molecule has 0 aromatic heterocycles. The molecule has 1 aliphatic rings. The van der Waals surface area contributed by atoms with Crippen molar-refractivity contribution < 1.29 is 4.79 Å². The smallest absolute Gasteiger partial charge is 0.348 e. The van der Waals surface area contributed by atoms with E-state index in [9.17, 15) is 4.79 Å². The van der Waals surface area contributed by atoms with Crippen molar-refractivity contribution in [2.45, 2.75) is 0 Å². The van der Waals surface area contributed by atoms with Gasteiger partial charge in [-0.3, -0.25) is 0 Å². The van der Waals surface area contributed by atoms with Crippen LogP contribution in [0.5, 0.6) is 0 Å². The molecular weight excluding hydrogens is 387 g/mol. The van der Waals surface area contributed by atoms with E-state index in [-0.39, 0.29) is 12.4 Å². The minimum atomic E-state index is -0.422. The standard InChI is InChI=1S/C10H10Br2N4O.ClH/c11-6-2-1-3-7(12)8(6)15-10(17)16-9-13-4-5-14-9;/h1-3H,4-5H2,(H3,13,14,15,16,17);1H. The van der Waals surface area contributed by atoms with Crippen LogP contribution in [-0.4, -0.2) is 25.1 Å². The molecule has 0 aliphatic carbocycles. The third-order valence-corrected chi connectivity index (χ3v) is 3.44. The van der Waals surface area contributed by atoms with Crippen LogP contribution in [0.1, 0.15) is 0 Å². The van der Waals surface area contributed by atoms with E-state index in [1.54, 1.807) is 0 Å². The molecule has 2 amide bonds. The topological polar surface area (TPSA) is 65.5 Å². The summed E-state index contributed by atoms with van der Waals surface area (Å²) in [5.41, 5.74) is 0.667. The van der Waals surface area contributed by atoms with Gasteiger partial charge in [-0.2, -0.15) is 4.99 Å². The Kier molecular flexibility index (Phi) is 5.90. The Morgan fingerprint density at radius 1 is 1.22 bits per heavy atom. The largest absolute Gasteiger partial charge is 0.354 e. The fraction of sp³-hybridized carbons (Fsp3) is 0.200. The predicted octanol–water partition coefficient (Wildman–Crippen LogP) is 2.71. The molecule has 0 radical (unpaired) electrons. The number of carbonyl (C=O) groups is 1. The van der Waals surface area contributed by atoms with E-state index in [0.29, 0.717) is 11.6 Å². The third-order valence-electron chi connectivity index (χ3n) is 2.12. The second kappa shape index (κ2) is 6.96. The van der Waals surface area contributed by atoms with E-state index in [2.05, 4.69) is 52.8 Å². The average molecular weight is 398 g/mol. The number of rotatable bonds is 1. The van der Waals surface area contributed by atoms with E-state index in [0.717, 1.165) is 22.0 Å². The molecule has 1 saturated heterocycles. The molecule has 0 atom stereocenters. The van der Waals surface area contributed by atoms with Gasteiger partial charge in [0.05, 0.1) is 5.69 Å². The summed E-state index contributed by atoms with van der Waals surface area (Å²) in [7, 11) is 0. The number of anilines is 1. The Morgan fingerprint density at radius 3 is 2.33 bits per heavy atom. The molecule has 2 rings (SSSR count). The van der Waals surface area contributed by atoms with Crippen LogP contribution in [0.3, 0.4) is 0 Å². The van der Waals surface area contributed by atoms with Crippen LogP contribution in [0, 0.1) is 0 Å². The van der Waals surface area contributed by atoms with Crippen molar-refractivity contribution in [1.29, 1.82) is 0 Å². The maximum absolute atomic E-state index is 11.7. The Bertz CT molecular complexity index is 453. The molecule has 0 bridgehead atoms. The number of hydrogen-bond donors (Lipinski definition) is 3. The minimum absolute atomic E-state index is 0. The molecule has 5 nitrogen and oxygen atoms in total. The van der Waals surface area contributed by atoms with Gasteiger partial charge in [-0.15, -0.1) is 12.4 Å². The average Bonchev–Trinajstić information content (AvgIpc) is 2.76. The zero-order valence-corrected chi connectivity index (χ0v) is 13.2. The maximum Gasteiger partial charge on any atom is 0.348 e. The first-order chi connectivity index (χ1) is 8.16. The van der Waals surface area contributed by atoms with E-state index >= 15 is 0 Å². The van der Waals surface area contributed by atoms with Gasteiger partial charge in [-0.1, -0.05) is 6.07 Å². The van der Waals surface area contributed by atoms with Crippen LogP contribution in [-0.2, 0) is 0 Å². The summed E-state index contributed by atoms with van der Waals surface area (Å²) in [5.74, 6) is 0.505. The lowest BCUT2D eigenvalue weighted by Crippen LogP contribution is -2.26. The van der Waals surface area contributed by atoms with Gasteiger partial charge >= 0.3 is 6.03 Å². The van der Waals surface area contributed by atoms with Gasteiger partial charge in [-0.05, 0) is 44.0 Å². The second-order valence-corrected chi connectivity index (χ2v) is 5.05. The molecule has 1 aromatic carbocycles. The lowest BCUT2D eigenvalue weighted by atomic mass is 10.3. The van der Waals surface area contributed by atoms with Crippen molar-refractivity contribution in [3.8, 4) is 0 Å². The Morgan fingerprint density at radius 2 is 1.78 bits per heavy atom. The predicted molar refractivity (Wildman–Crippen MR) is 81.5 cm³/mol. The summed E-state index contributed by atoms with van der Waals surface area (Å²) in [4.78, 5) is 15.5. The van der Waals surface area contributed by atoms with Crippen molar-refractivity contribution in [3.63, 3.8) is 0 Å². The highest BCUT2D eigenvalue weighted by Gasteiger charge is 2.11. The first-order valence-electron chi connectivity index (χ1n) is 4.98. The van der Waals surface area contributed by atoms with Crippen molar-refractivity contribution in [2.24, 2.45) is 4.99 Å². The highest BCUT2D eigenvalue weighted by Crippen LogP contribution is 2.30. The fourth-order valence-corrected chi connectivity index (χ4v) is 2.55. The second-order valence-electron chi connectivity index (χ2n) is 3.34. The Hall–Kier alpha value is -0.790. The van der Waals surface area contributed by atoms with Crippen LogP contribution in [0.25, 0.3) is 0 Å². The molecule has 98 valence electrons. The summed E-state index contributed by atoms with van der Waals surface area (Å²) in [6, 6.07) is 5.14. The molecule has 0 saturated carbocycles. The van der Waals surface area contributed by atoms with E-state index in [1.165, 1.54) is 0 Å². The first-order valence-corrected chi connectivity index (χ1v) is 6.57. The zero-order chi connectivity index (χ0) is 12.3. The molecule has 1 heterocycles. The SMILES string of the molecule is Cl.O=C(N=C1NCCN1)Nc1c(Br)cccc1Br. The van der Waals surface area contributed by atoms with Crippen molar-refractivity contribution in [2.75, 3.05) is 18.4 Å². The van der Waals surface area contributed by atoms with Crippen LogP contribution < -0.4 is 16.0 Å². The van der Waals surface area contributed by atoms with Crippen LogP contribution in [0.2, 0.25) is 0 Å². The lowest BCUT2D eigenvalue weighted by Gasteiger charge is -2.07. The van der Waals surface area contributed by atoms with Gasteiger partial charge in [0.2, 0.25) is 5.96 Å². The van der Waals surface area contributed by atoms with Gasteiger partial charge in [0.15, 0.2) is 0 Å². The van der Waals surface area contributed by atoms with Crippen LogP contribution >= 0.6 is 44.3 Å². The van der Waals surface area contributed by atoms with Crippen molar-refractivity contribution in [1.82, 2.24) is 10.6 Å². The molecule has 0 spiro atoms. The number of nitrogens with one attached hydrogen (secondary N) is 3. The van der Waals surface area contributed by atoms with Crippen molar-refractivity contribution >= 4 is 61.9 Å². The third kappa shape index (κ3) is 3.86. The van der Waals surface area contributed by atoms with E-state index in [1.807, 2.05) is 18.2 Å². The summed E-state index contributed by atoms with van der Waals surface area (Å²) in [6.07, 6.45) is 0. The monoisotopic (exact) mass is 396 g/mol. The molecule has 3 N–H and O–H groups in total. The summed E-state index contributed by atoms with van der Waals surface area (Å²) < 4.78 is 1.60. The van der Waals surface area contributed by atoms with Crippen LogP contribution in [0.15, 0.2) is 32.1 Å². The number of hydrogen-bond acceptors (Lipinski definition) is 1. The van der Waals surface area contributed by atoms with Gasteiger partial charge in [0.25, 0.3) is 0 Å². The maximum atomic E-state index is 11.7. The number of benzene rings is 1. The number of halogens is 3. The molecular formula is C10H11Br2ClN4O. The number of urea groups is 1. The number of carbonyl (C=O) groups excluding carboxylic acids is 1. The van der Waals surface area contributed by atoms with Gasteiger partial charge in [0, 0.05) is 22.0 Å². The Balaban J connectivity index is 0.00000162. The molecule has 0 unspecified atom stereocenters. The minimum Gasteiger partial charge on any atom is -0.354 e. The number of nitrogens with zero attached hydrogens (tertiary/aromatic N) is 1. The molecule has 1 aromatic rings. The number of para-hydroxylation sites is 1. The highest BCUT2D eigenvalue weighted by molar-refractivity contribution is 9.11. The molecule has 1 aliphatic heterocycles. The lowest BCUT2D eigenvalue weighted by molar-refractivity contribution is 0.259. The van der Waals surface area contributed by atoms with E-state index < -0.39 is 6.03 Å². The number of amides is 2.